The molecule has 1 aliphatic heterocycles. The molecular formula is C17H17ClN4O3S. The number of aromatic nitrogens is 2. The highest BCUT2D eigenvalue weighted by molar-refractivity contribution is 7.99. The van der Waals surface area contributed by atoms with E-state index in [9.17, 15) is 9.59 Å². The van der Waals surface area contributed by atoms with Crippen LogP contribution in [0, 0.1) is 0 Å². The molecule has 0 saturated carbocycles. The van der Waals surface area contributed by atoms with Crippen LogP contribution < -0.4 is 10.6 Å². The number of benzene rings is 1. The molecule has 0 spiro atoms. The van der Waals surface area contributed by atoms with E-state index in [1.807, 2.05) is 29.0 Å². The number of carbonyl (C=O) groups excluding carboxylic acids is 2. The lowest BCUT2D eigenvalue weighted by Crippen LogP contribution is -2.44. The monoisotopic (exact) mass is 392 g/mol. The van der Waals surface area contributed by atoms with E-state index >= 15 is 0 Å². The number of nitrogens with zero attached hydrogens (tertiary/aromatic N) is 2. The van der Waals surface area contributed by atoms with Gasteiger partial charge in [-0.15, -0.1) is 0 Å². The minimum atomic E-state index is -0.436. The van der Waals surface area contributed by atoms with Crippen LogP contribution in [0.5, 0.6) is 0 Å². The zero-order valence-corrected chi connectivity index (χ0v) is 15.6. The molecule has 0 radical (unpaired) electrons. The van der Waals surface area contributed by atoms with E-state index in [1.54, 1.807) is 19.2 Å². The Bertz CT molecular complexity index is 865. The van der Waals surface area contributed by atoms with Crippen LogP contribution in [-0.4, -0.2) is 40.5 Å². The molecule has 0 saturated heterocycles. The highest BCUT2D eigenvalue weighted by atomic mass is 35.5. The lowest BCUT2D eigenvalue weighted by molar-refractivity contribution is -0.138. The molecular weight excluding hydrogens is 376 g/mol. The fraction of sp³-hybridized carbons (Fsp3) is 0.235. The Morgan fingerprint density at radius 3 is 3.08 bits per heavy atom. The highest BCUT2D eigenvalue weighted by Gasteiger charge is 2.24. The first-order chi connectivity index (χ1) is 12.6. The predicted molar refractivity (Wildman–Crippen MR) is 99.5 cm³/mol. The number of urea groups is 1. The summed E-state index contributed by atoms with van der Waals surface area (Å²) in [5.41, 5.74) is 1.82. The van der Waals surface area contributed by atoms with Crippen LogP contribution in [0.1, 0.15) is 6.92 Å². The molecule has 2 aromatic rings. The second-order valence-electron chi connectivity index (χ2n) is 5.33. The number of hydrogen-bond donors (Lipinski definition) is 2. The molecule has 136 valence electrons. The van der Waals surface area contributed by atoms with E-state index < -0.39 is 5.97 Å². The average molecular weight is 393 g/mol. The van der Waals surface area contributed by atoms with Crippen LogP contribution >= 0.6 is 23.4 Å². The van der Waals surface area contributed by atoms with Gasteiger partial charge in [-0.3, -0.25) is 4.57 Å². The predicted octanol–water partition coefficient (Wildman–Crippen LogP) is 2.75. The third-order valence-electron chi connectivity index (χ3n) is 3.62. The molecule has 0 aliphatic carbocycles. The molecule has 2 N–H and O–H groups in total. The standard InChI is InChI=1S/C17H17ClN4O3S/c1-2-25-15(23)13-9-20-16(24)21-14(13)10-26-17-19-6-7-22(17)12-5-3-4-11(18)8-12/h3-8H,2,9-10H2,1H3,(H2,20,21,24). The Hall–Kier alpha value is -2.45. The molecule has 1 aromatic heterocycles. The number of nitrogens with one attached hydrogen (secondary N) is 2. The van der Waals surface area contributed by atoms with Crippen molar-refractivity contribution in [2.24, 2.45) is 0 Å². The molecule has 0 unspecified atom stereocenters. The number of amides is 2. The number of halogens is 1. The van der Waals surface area contributed by atoms with E-state index in [1.165, 1.54) is 11.8 Å². The minimum Gasteiger partial charge on any atom is -0.463 e. The van der Waals surface area contributed by atoms with Gasteiger partial charge in [0.05, 0.1) is 18.7 Å². The number of ether oxygens (including phenoxy) is 1. The molecule has 3 rings (SSSR count). The van der Waals surface area contributed by atoms with Gasteiger partial charge in [0.2, 0.25) is 0 Å². The molecule has 9 heteroatoms. The number of rotatable bonds is 6. The molecule has 0 fully saturated rings. The lowest BCUT2D eigenvalue weighted by Gasteiger charge is -2.21. The zero-order chi connectivity index (χ0) is 18.5. The maximum atomic E-state index is 12.1. The first-order valence-corrected chi connectivity index (χ1v) is 9.31. The molecule has 0 bridgehead atoms. The summed E-state index contributed by atoms with van der Waals surface area (Å²) in [6.45, 7) is 2.16. The molecule has 26 heavy (non-hydrogen) atoms. The van der Waals surface area contributed by atoms with Crippen LogP contribution in [0.25, 0.3) is 5.69 Å². The van der Waals surface area contributed by atoms with E-state index in [2.05, 4.69) is 15.6 Å². The fourth-order valence-corrected chi connectivity index (χ4v) is 3.57. The van der Waals surface area contributed by atoms with Gasteiger partial charge in [0.15, 0.2) is 5.16 Å². The van der Waals surface area contributed by atoms with Crippen LogP contribution in [-0.2, 0) is 9.53 Å². The summed E-state index contributed by atoms with van der Waals surface area (Å²) in [5.74, 6) is -0.0622. The first-order valence-electron chi connectivity index (χ1n) is 7.94. The van der Waals surface area contributed by atoms with Gasteiger partial charge >= 0.3 is 12.0 Å². The number of hydrogen-bond acceptors (Lipinski definition) is 5. The molecule has 2 amide bonds. The van der Waals surface area contributed by atoms with Gasteiger partial charge in [0.25, 0.3) is 0 Å². The Labute approximate surface area is 159 Å². The van der Waals surface area contributed by atoms with Crippen molar-refractivity contribution in [3.8, 4) is 5.69 Å². The smallest absolute Gasteiger partial charge is 0.337 e. The maximum absolute atomic E-state index is 12.1. The second-order valence-corrected chi connectivity index (χ2v) is 6.71. The molecule has 1 aromatic carbocycles. The first kappa shape index (κ1) is 18.3. The van der Waals surface area contributed by atoms with Crippen LogP contribution in [0.4, 0.5) is 4.79 Å². The largest absolute Gasteiger partial charge is 0.463 e. The zero-order valence-electron chi connectivity index (χ0n) is 14.0. The summed E-state index contributed by atoms with van der Waals surface area (Å²) in [4.78, 5) is 28.1. The maximum Gasteiger partial charge on any atom is 0.337 e. The fourth-order valence-electron chi connectivity index (χ4n) is 2.42. The van der Waals surface area contributed by atoms with Gasteiger partial charge in [0, 0.05) is 34.6 Å². The lowest BCUT2D eigenvalue weighted by atomic mass is 10.2. The second kappa shape index (κ2) is 8.29. The average Bonchev–Trinajstić information content (AvgIpc) is 3.09. The summed E-state index contributed by atoms with van der Waals surface area (Å²) < 4.78 is 6.95. The Morgan fingerprint density at radius 2 is 2.31 bits per heavy atom. The van der Waals surface area contributed by atoms with E-state index in [4.69, 9.17) is 16.3 Å². The summed E-state index contributed by atoms with van der Waals surface area (Å²) in [7, 11) is 0. The van der Waals surface area contributed by atoms with Gasteiger partial charge < -0.3 is 15.4 Å². The quantitative estimate of drug-likeness (QED) is 0.583. The summed E-state index contributed by atoms with van der Waals surface area (Å²) in [5, 5.41) is 6.62. The van der Waals surface area contributed by atoms with Crippen molar-refractivity contribution in [3.63, 3.8) is 0 Å². The van der Waals surface area contributed by atoms with E-state index in [0.717, 1.165) is 10.8 Å². The summed E-state index contributed by atoms with van der Waals surface area (Å²) in [6.07, 6.45) is 3.51. The number of esters is 1. The Kier molecular flexibility index (Phi) is 5.85. The van der Waals surface area contributed by atoms with Gasteiger partial charge in [-0.25, -0.2) is 14.6 Å². The summed E-state index contributed by atoms with van der Waals surface area (Å²) >= 11 is 7.46. The third kappa shape index (κ3) is 4.20. The molecule has 0 atom stereocenters. The van der Waals surface area contributed by atoms with Crippen molar-refractivity contribution < 1.29 is 14.3 Å². The summed E-state index contributed by atoms with van der Waals surface area (Å²) in [6, 6.07) is 7.08. The van der Waals surface area contributed by atoms with Crippen molar-refractivity contribution in [1.82, 2.24) is 20.2 Å². The number of imidazole rings is 1. The normalized spacial score (nSPS) is 14.0. The van der Waals surface area contributed by atoms with Crippen molar-refractivity contribution in [1.29, 1.82) is 0 Å². The Balaban J connectivity index is 1.80. The third-order valence-corrected chi connectivity index (χ3v) is 4.84. The molecule has 2 heterocycles. The highest BCUT2D eigenvalue weighted by Crippen LogP contribution is 2.25. The van der Waals surface area contributed by atoms with Crippen molar-refractivity contribution in [2.45, 2.75) is 12.1 Å². The Morgan fingerprint density at radius 1 is 1.46 bits per heavy atom. The van der Waals surface area contributed by atoms with Gasteiger partial charge in [-0.1, -0.05) is 29.4 Å². The molecule has 1 aliphatic rings. The van der Waals surface area contributed by atoms with Gasteiger partial charge in [-0.2, -0.15) is 0 Å². The van der Waals surface area contributed by atoms with E-state index in [0.29, 0.717) is 22.0 Å². The van der Waals surface area contributed by atoms with Gasteiger partial charge in [0.1, 0.15) is 0 Å². The van der Waals surface area contributed by atoms with Gasteiger partial charge in [-0.05, 0) is 25.1 Å². The van der Waals surface area contributed by atoms with Crippen molar-refractivity contribution in [2.75, 3.05) is 18.9 Å². The van der Waals surface area contributed by atoms with Crippen molar-refractivity contribution in [3.05, 3.63) is 53.0 Å². The van der Waals surface area contributed by atoms with Crippen LogP contribution in [0.15, 0.2) is 53.1 Å². The van der Waals surface area contributed by atoms with E-state index in [-0.39, 0.29) is 19.2 Å². The van der Waals surface area contributed by atoms with Crippen LogP contribution in [0.3, 0.4) is 0 Å². The SMILES string of the molecule is CCOC(=O)C1=C(CSc2nccn2-c2cccc(Cl)c2)NC(=O)NC1. The topological polar surface area (TPSA) is 85.2 Å². The number of thioether (sulfide) groups is 1. The molecule has 7 nitrogen and oxygen atoms in total. The minimum absolute atomic E-state index is 0.142. The van der Waals surface area contributed by atoms with Crippen LogP contribution in [0.2, 0.25) is 5.02 Å². The van der Waals surface area contributed by atoms with Crippen molar-refractivity contribution >= 4 is 35.4 Å². The number of carbonyl (C=O) groups is 2.